The van der Waals surface area contributed by atoms with E-state index in [1.807, 2.05) is 18.2 Å². The van der Waals surface area contributed by atoms with Crippen molar-refractivity contribution in [3.63, 3.8) is 0 Å². The van der Waals surface area contributed by atoms with Gasteiger partial charge in [0.25, 0.3) is 0 Å². The predicted octanol–water partition coefficient (Wildman–Crippen LogP) is 2.19. The first-order chi connectivity index (χ1) is 10.2. The van der Waals surface area contributed by atoms with E-state index in [9.17, 15) is 0 Å². The molecule has 2 aromatic rings. The summed E-state index contributed by atoms with van der Waals surface area (Å²) >= 11 is 5.19. The van der Waals surface area contributed by atoms with Crippen LogP contribution in [0, 0.1) is 18.3 Å². The molecule has 0 atom stereocenters. The lowest BCUT2D eigenvalue weighted by molar-refractivity contribution is 0.866. The minimum absolute atomic E-state index is 0.369. The van der Waals surface area contributed by atoms with E-state index in [4.69, 9.17) is 17.5 Å². The Morgan fingerprint density at radius 2 is 2.14 bits per heavy atom. The van der Waals surface area contributed by atoms with Gasteiger partial charge in [-0.1, -0.05) is 24.3 Å². The number of nitrogens with zero attached hydrogens (tertiary/aromatic N) is 3. The summed E-state index contributed by atoms with van der Waals surface area (Å²) in [5.74, 6) is 0.369. The summed E-state index contributed by atoms with van der Waals surface area (Å²) in [7, 11) is 0. The van der Waals surface area contributed by atoms with Crippen LogP contribution in [0.3, 0.4) is 0 Å². The zero-order chi connectivity index (χ0) is 15.1. The molecule has 0 spiro atoms. The van der Waals surface area contributed by atoms with Crippen molar-refractivity contribution in [1.82, 2.24) is 15.5 Å². The molecular weight excluding hydrogens is 282 g/mol. The van der Waals surface area contributed by atoms with Gasteiger partial charge >= 0.3 is 0 Å². The predicted molar refractivity (Wildman–Crippen MR) is 85.9 cm³/mol. The summed E-state index contributed by atoms with van der Waals surface area (Å²) in [5.41, 5.74) is 2.96. The largest absolute Gasteiger partial charge is 0.362 e. The third-order valence-electron chi connectivity index (χ3n) is 3.01. The Labute approximate surface area is 129 Å². The average Bonchev–Trinajstić information content (AvgIpc) is 2.50. The Morgan fingerprint density at radius 1 is 1.33 bits per heavy atom. The first-order valence-electron chi connectivity index (χ1n) is 6.52. The van der Waals surface area contributed by atoms with Crippen molar-refractivity contribution in [2.75, 3.05) is 11.9 Å². The fraction of sp³-hybridized carbons (Fsp3) is 0.200. The van der Waals surface area contributed by atoms with Gasteiger partial charge in [-0.15, -0.1) is 5.10 Å². The maximum absolute atomic E-state index is 8.97. The molecule has 0 aliphatic carbocycles. The van der Waals surface area contributed by atoms with Crippen LogP contribution in [0.1, 0.15) is 16.7 Å². The molecule has 21 heavy (non-hydrogen) atoms. The van der Waals surface area contributed by atoms with Gasteiger partial charge in [-0.3, -0.25) is 0 Å². The molecule has 0 fully saturated rings. The number of aryl methyl sites for hydroxylation is 1. The Hall–Kier alpha value is -2.52. The summed E-state index contributed by atoms with van der Waals surface area (Å²) in [5, 5.41) is 23.0. The zero-order valence-corrected chi connectivity index (χ0v) is 12.4. The fourth-order valence-electron chi connectivity index (χ4n) is 1.87. The van der Waals surface area contributed by atoms with Crippen LogP contribution < -0.4 is 10.6 Å². The van der Waals surface area contributed by atoms with E-state index in [2.05, 4.69) is 39.9 Å². The number of nitrogens with one attached hydrogen (secondary N) is 2. The van der Waals surface area contributed by atoms with Gasteiger partial charge in [0.15, 0.2) is 10.9 Å². The molecule has 0 saturated carbocycles. The highest BCUT2D eigenvalue weighted by atomic mass is 32.1. The van der Waals surface area contributed by atoms with Gasteiger partial charge < -0.3 is 10.6 Å². The van der Waals surface area contributed by atoms with Crippen LogP contribution in [0.2, 0.25) is 0 Å². The van der Waals surface area contributed by atoms with E-state index in [1.165, 1.54) is 17.3 Å². The second-order valence-corrected chi connectivity index (χ2v) is 4.87. The van der Waals surface area contributed by atoms with Gasteiger partial charge in [0.05, 0.1) is 11.8 Å². The summed E-state index contributed by atoms with van der Waals surface area (Å²) in [4.78, 5) is 0. The number of hydrogen-bond acceptors (Lipinski definition) is 4. The maximum Gasteiger partial charge on any atom is 0.172 e. The Balaban J connectivity index is 1.86. The van der Waals surface area contributed by atoms with Crippen LogP contribution in [-0.4, -0.2) is 21.9 Å². The molecule has 0 bridgehead atoms. The lowest BCUT2D eigenvalue weighted by atomic mass is 10.1. The number of thiocarbonyl (C=S) groups is 1. The van der Waals surface area contributed by atoms with E-state index in [-0.39, 0.29) is 0 Å². The molecule has 0 aliphatic rings. The second kappa shape index (κ2) is 7.31. The second-order valence-electron chi connectivity index (χ2n) is 4.46. The molecule has 0 aliphatic heterocycles. The van der Waals surface area contributed by atoms with Gasteiger partial charge in [0.2, 0.25) is 0 Å². The molecule has 2 N–H and O–H groups in total. The quantitative estimate of drug-likeness (QED) is 0.843. The number of hydrogen-bond donors (Lipinski definition) is 2. The van der Waals surface area contributed by atoms with E-state index in [0.717, 1.165) is 6.42 Å². The van der Waals surface area contributed by atoms with Gasteiger partial charge in [-0.05, 0) is 42.8 Å². The molecule has 0 radical (unpaired) electrons. The highest BCUT2D eigenvalue weighted by Crippen LogP contribution is 2.08. The highest BCUT2D eigenvalue weighted by molar-refractivity contribution is 7.80. The van der Waals surface area contributed by atoms with E-state index in [1.54, 1.807) is 6.07 Å². The van der Waals surface area contributed by atoms with Crippen LogP contribution in [0.25, 0.3) is 0 Å². The van der Waals surface area contributed by atoms with Gasteiger partial charge in [-0.25, -0.2) is 0 Å². The Bertz CT molecular complexity index is 678. The zero-order valence-electron chi connectivity index (χ0n) is 11.6. The molecule has 2 rings (SSSR count). The highest BCUT2D eigenvalue weighted by Gasteiger charge is 2.05. The van der Waals surface area contributed by atoms with Crippen molar-refractivity contribution in [2.45, 2.75) is 13.3 Å². The average molecular weight is 297 g/mol. The number of nitriles is 1. The minimum atomic E-state index is 0.369. The molecule has 6 heteroatoms. The molecule has 1 aromatic carbocycles. The molecule has 0 amide bonds. The third kappa shape index (κ3) is 4.23. The van der Waals surface area contributed by atoms with Gasteiger partial charge in [0.1, 0.15) is 6.07 Å². The van der Waals surface area contributed by atoms with Crippen molar-refractivity contribution in [3.05, 3.63) is 53.2 Å². The van der Waals surface area contributed by atoms with Gasteiger partial charge in [0, 0.05) is 6.54 Å². The lowest BCUT2D eigenvalue weighted by Crippen LogP contribution is -2.31. The van der Waals surface area contributed by atoms with Crippen LogP contribution in [0.5, 0.6) is 0 Å². The molecule has 1 heterocycles. The minimum Gasteiger partial charge on any atom is -0.362 e. The summed E-state index contributed by atoms with van der Waals surface area (Å²) in [6.45, 7) is 2.80. The number of aromatic nitrogens is 2. The third-order valence-corrected chi connectivity index (χ3v) is 3.26. The molecule has 1 aromatic heterocycles. The molecule has 5 nitrogen and oxygen atoms in total. The van der Waals surface area contributed by atoms with E-state index in [0.29, 0.717) is 23.0 Å². The van der Waals surface area contributed by atoms with E-state index >= 15 is 0 Å². The van der Waals surface area contributed by atoms with Crippen molar-refractivity contribution >= 4 is 23.1 Å². The Kier molecular flexibility index (Phi) is 5.18. The molecule has 0 unspecified atom stereocenters. The van der Waals surface area contributed by atoms with E-state index < -0.39 is 0 Å². The SMILES string of the molecule is Cc1ccccc1CCNC(=S)Nc1nnccc1C#N. The lowest BCUT2D eigenvalue weighted by Gasteiger charge is -2.11. The van der Waals surface area contributed by atoms with Crippen LogP contribution >= 0.6 is 12.2 Å². The van der Waals surface area contributed by atoms with Crippen molar-refractivity contribution < 1.29 is 0 Å². The first kappa shape index (κ1) is 14.9. The van der Waals surface area contributed by atoms with Crippen LogP contribution in [0.15, 0.2) is 36.5 Å². The van der Waals surface area contributed by atoms with Crippen molar-refractivity contribution in [2.24, 2.45) is 0 Å². The topological polar surface area (TPSA) is 73.6 Å². The number of benzene rings is 1. The fourth-order valence-corrected chi connectivity index (χ4v) is 2.07. The van der Waals surface area contributed by atoms with Gasteiger partial charge in [-0.2, -0.15) is 10.4 Å². The normalized spacial score (nSPS) is 9.71. The van der Waals surface area contributed by atoms with Crippen LogP contribution in [-0.2, 0) is 6.42 Å². The maximum atomic E-state index is 8.97. The molecular formula is C15H15N5S. The number of rotatable bonds is 4. The summed E-state index contributed by atoms with van der Waals surface area (Å²) in [6.07, 6.45) is 2.35. The Morgan fingerprint density at radius 3 is 2.90 bits per heavy atom. The molecule has 0 saturated heterocycles. The van der Waals surface area contributed by atoms with Crippen molar-refractivity contribution in [3.8, 4) is 6.07 Å². The monoisotopic (exact) mass is 297 g/mol. The van der Waals surface area contributed by atoms with Crippen LogP contribution in [0.4, 0.5) is 5.82 Å². The number of anilines is 1. The van der Waals surface area contributed by atoms with Crippen molar-refractivity contribution in [1.29, 1.82) is 5.26 Å². The smallest absolute Gasteiger partial charge is 0.172 e. The molecule has 106 valence electrons. The summed E-state index contributed by atoms with van der Waals surface area (Å²) in [6, 6.07) is 11.9. The summed E-state index contributed by atoms with van der Waals surface area (Å²) < 4.78 is 0. The standard InChI is InChI=1S/C15H15N5S/c1-11-4-2-3-5-12(11)6-8-17-15(21)19-14-13(10-16)7-9-18-20-14/h2-5,7,9H,6,8H2,1H3,(H2,17,19,20,21). The first-order valence-corrected chi connectivity index (χ1v) is 6.92.